The molecule has 0 spiro atoms. The lowest BCUT2D eigenvalue weighted by Crippen LogP contribution is -2.26. The monoisotopic (exact) mass is 277 g/mol. The van der Waals surface area contributed by atoms with E-state index in [1.165, 1.54) is 0 Å². The molecule has 100 valence electrons. The maximum absolute atomic E-state index is 10.8. The molecule has 2 rings (SSSR count). The largest absolute Gasteiger partial charge is 0.481 e. The van der Waals surface area contributed by atoms with Gasteiger partial charge in [0.1, 0.15) is 5.01 Å². The van der Waals surface area contributed by atoms with Crippen molar-refractivity contribution in [1.29, 1.82) is 0 Å². The SMILES string of the molecule is Nc1ccccc1N(CCC(=O)O)Cc1nccs1. The number of nitrogens with two attached hydrogens (primary N) is 1. The van der Waals surface area contributed by atoms with Crippen molar-refractivity contribution in [2.24, 2.45) is 0 Å². The summed E-state index contributed by atoms with van der Waals surface area (Å²) in [5.41, 5.74) is 7.44. The molecule has 0 atom stereocenters. The fraction of sp³-hybridized carbons (Fsp3) is 0.231. The number of nitrogens with zero attached hydrogens (tertiary/aromatic N) is 2. The molecule has 0 amide bonds. The van der Waals surface area contributed by atoms with E-state index in [1.54, 1.807) is 17.5 Å². The Morgan fingerprint density at radius 1 is 1.42 bits per heavy atom. The van der Waals surface area contributed by atoms with Gasteiger partial charge in [-0.1, -0.05) is 12.1 Å². The molecule has 0 aliphatic rings. The van der Waals surface area contributed by atoms with Crippen LogP contribution in [0.15, 0.2) is 35.8 Å². The Labute approximate surface area is 115 Å². The molecular formula is C13H15N3O2S. The van der Waals surface area contributed by atoms with Crippen molar-refractivity contribution in [1.82, 2.24) is 4.98 Å². The molecule has 5 nitrogen and oxygen atoms in total. The first-order valence-corrected chi connectivity index (χ1v) is 6.74. The number of carboxylic acid groups (broad SMARTS) is 1. The van der Waals surface area contributed by atoms with Crippen LogP contribution in [0.1, 0.15) is 11.4 Å². The first-order chi connectivity index (χ1) is 9.16. The average Bonchev–Trinajstić information content (AvgIpc) is 2.88. The van der Waals surface area contributed by atoms with Gasteiger partial charge in [0.25, 0.3) is 0 Å². The van der Waals surface area contributed by atoms with Crippen molar-refractivity contribution < 1.29 is 9.90 Å². The third kappa shape index (κ3) is 3.69. The summed E-state index contributed by atoms with van der Waals surface area (Å²) in [6, 6.07) is 7.45. The normalized spacial score (nSPS) is 10.3. The molecular weight excluding hydrogens is 262 g/mol. The number of para-hydroxylation sites is 2. The minimum absolute atomic E-state index is 0.0692. The van der Waals surface area contributed by atoms with E-state index >= 15 is 0 Å². The van der Waals surface area contributed by atoms with Crippen LogP contribution in [0.4, 0.5) is 11.4 Å². The van der Waals surface area contributed by atoms with Crippen LogP contribution in [-0.2, 0) is 11.3 Å². The highest BCUT2D eigenvalue weighted by atomic mass is 32.1. The molecule has 0 radical (unpaired) electrons. The Morgan fingerprint density at radius 2 is 2.21 bits per heavy atom. The number of carbonyl (C=O) groups is 1. The minimum Gasteiger partial charge on any atom is -0.481 e. The second-order valence-corrected chi connectivity index (χ2v) is 5.03. The maximum atomic E-state index is 10.8. The highest BCUT2D eigenvalue weighted by Gasteiger charge is 2.13. The zero-order chi connectivity index (χ0) is 13.7. The number of aromatic nitrogens is 1. The number of benzene rings is 1. The van der Waals surface area contributed by atoms with E-state index in [1.807, 2.05) is 34.5 Å². The van der Waals surface area contributed by atoms with Crippen LogP contribution < -0.4 is 10.6 Å². The molecule has 0 bridgehead atoms. The van der Waals surface area contributed by atoms with Crippen molar-refractivity contribution in [2.45, 2.75) is 13.0 Å². The van der Waals surface area contributed by atoms with Crippen molar-refractivity contribution in [3.05, 3.63) is 40.8 Å². The summed E-state index contributed by atoms with van der Waals surface area (Å²) >= 11 is 1.55. The first-order valence-electron chi connectivity index (χ1n) is 5.86. The number of thiazole rings is 1. The van der Waals surface area contributed by atoms with Gasteiger partial charge < -0.3 is 15.7 Å². The molecule has 0 aliphatic carbocycles. The molecule has 0 saturated carbocycles. The Morgan fingerprint density at radius 3 is 2.84 bits per heavy atom. The zero-order valence-electron chi connectivity index (χ0n) is 10.3. The second-order valence-electron chi connectivity index (χ2n) is 4.05. The maximum Gasteiger partial charge on any atom is 0.305 e. The van der Waals surface area contributed by atoms with E-state index in [0.29, 0.717) is 18.8 Å². The van der Waals surface area contributed by atoms with Gasteiger partial charge in [-0.05, 0) is 12.1 Å². The third-order valence-corrected chi connectivity index (χ3v) is 3.45. The van der Waals surface area contributed by atoms with Gasteiger partial charge >= 0.3 is 5.97 Å². The van der Waals surface area contributed by atoms with Crippen LogP contribution >= 0.6 is 11.3 Å². The molecule has 2 aromatic rings. The van der Waals surface area contributed by atoms with Crippen molar-refractivity contribution in [2.75, 3.05) is 17.2 Å². The van der Waals surface area contributed by atoms with E-state index < -0.39 is 5.97 Å². The Bertz CT molecular complexity index is 543. The topological polar surface area (TPSA) is 79.5 Å². The van der Waals surface area contributed by atoms with E-state index in [2.05, 4.69) is 4.98 Å². The summed E-state index contributed by atoms with van der Waals surface area (Å²) in [7, 11) is 0. The molecule has 3 N–H and O–H groups in total. The van der Waals surface area contributed by atoms with Crippen LogP contribution in [0.2, 0.25) is 0 Å². The summed E-state index contributed by atoms with van der Waals surface area (Å²) < 4.78 is 0. The van der Waals surface area contributed by atoms with Gasteiger partial charge in [-0.3, -0.25) is 4.79 Å². The number of rotatable bonds is 6. The number of carboxylic acids is 1. The third-order valence-electron chi connectivity index (χ3n) is 2.68. The predicted octanol–water partition coefficient (Wildman–Crippen LogP) is 2.21. The van der Waals surface area contributed by atoms with Crippen LogP contribution in [-0.4, -0.2) is 22.6 Å². The van der Waals surface area contributed by atoms with Crippen LogP contribution in [0, 0.1) is 0 Å². The van der Waals surface area contributed by atoms with Gasteiger partial charge in [-0.25, -0.2) is 4.98 Å². The average molecular weight is 277 g/mol. The summed E-state index contributed by atoms with van der Waals surface area (Å²) in [6.07, 6.45) is 1.81. The molecule has 0 fully saturated rings. The van der Waals surface area contributed by atoms with Crippen molar-refractivity contribution in [3.8, 4) is 0 Å². The number of anilines is 2. The van der Waals surface area contributed by atoms with Crippen LogP contribution in [0.3, 0.4) is 0 Å². The lowest BCUT2D eigenvalue weighted by Gasteiger charge is -2.24. The van der Waals surface area contributed by atoms with Gasteiger partial charge in [0.05, 0.1) is 24.3 Å². The number of aliphatic carboxylic acids is 1. The molecule has 1 aromatic carbocycles. The number of hydrogen-bond acceptors (Lipinski definition) is 5. The Hall–Kier alpha value is -2.08. The van der Waals surface area contributed by atoms with E-state index in [9.17, 15) is 4.79 Å². The minimum atomic E-state index is -0.821. The molecule has 0 unspecified atom stereocenters. The zero-order valence-corrected chi connectivity index (χ0v) is 11.1. The van der Waals surface area contributed by atoms with Gasteiger partial charge in [-0.2, -0.15) is 0 Å². The van der Waals surface area contributed by atoms with E-state index in [0.717, 1.165) is 10.7 Å². The summed E-state index contributed by atoms with van der Waals surface area (Å²) in [5.74, 6) is -0.821. The summed E-state index contributed by atoms with van der Waals surface area (Å²) in [4.78, 5) is 16.9. The van der Waals surface area contributed by atoms with Crippen LogP contribution in [0.25, 0.3) is 0 Å². The number of nitrogen functional groups attached to an aromatic ring is 1. The Kier molecular flexibility index (Phi) is 4.35. The quantitative estimate of drug-likeness (QED) is 0.791. The lowest BCUT2D eigenvalue weighted by molar-refractivity contribution is -0.136. The predicted molar refractivity (Wildman–Crippen MR) is 76.3 cm³/mol. The highest BCUT2D eigenvalue weighted by molar-refractivity contribution is 7.09. The lowest BCUT2D eigenvalue weighted by atomic mass is 10.2. The van der Waals surface area contributed by atoms with Gasteiger partial charge in [-0.15, -0.1) is 11.3 Å². The molecule has 1 aromatic heterocycles. The van der Waals surface area contributed by atoms with Gasteiger partial charge in [0.15, 0.2) is 0 Å². The molecule has 19 heavy (non-hydrogen) atoms. The van der Waals surface area contributed by atoms with Gasteiger partial charge in [0.2, 0.25) is 0 Å². The van der Waals surface area contributed by atoms with E-state index in [-0.39, 0.29) is 6.42 Å². The van der Waals surface area contributed by atoms with Gasteiger partial charge in [0, 0.05) is 18.1 Å². The molecule has 1 heterocycles. The smallest absolute Gasteiger partial charge is 0.305 e. The molecule has 0 aliphatic heterocycles. The highest BCUT2D eigenvalue weighted by Crippen LogP contribution is 2.24. The summed E-state index contributed by atoms with van der Waals surface area (Å²) in [6.45, 7) is 0.974. The fourth-order valence-corrected chi connectivity index (χ4v) is 2.42. The van der Waals surface area contributed by atoms with Crippen molar-refractivity contribution in [3.63, 3.8) is 0 Å². The summed E-state index contributed by atoms with van der Waals surface area (Å²) in [5, 5.41) is 11.7. The standard InChI is InChI=1S/C13H15N3O2S/c14-10-3-1-2-4-11(10)16(7-5-13(17)18)9-12-15-6-8-19-12/h1-4,6,8H,5,7,9,14H2,(H,17,18). The first kappa shape index (κ1) is 13.4. The second kappa shape index (κ2) is 6.19. The van der Waals surface area contributed by atoms with Crippen LogP contribution in [0.5, 0.6) is 0 Å². The molecule has 6 heteroatoms. The Balaban J connectivity index is 2.18. The number of hydrogen-bond donors (Lipinski definition) is 2. The van der Waals surface area contributed by atoms with E-state index in [4.69, 9.17) is 10.8 Å². The molecule has 0 saturated heterocycles. The fourth-order valence-electron chi connectivity index (χ4n) is 1.79. The van der Waals surface area contributed by atoms with Crippen molar-refractivity contribution >= 4 is 28.7 Å².